The molecule has 0 aromatic carbocycles. The molecule has 0 aliphatic carbocycles. The Balaban J connectivity index is 0.000000132. The topological polar surface area (TPSA) is 41.1 Å². The monoisotopic (exact) mass is 180 g/mol. The van der Waals surface area contributed by atoms with Crippen LogP contribution in [0.3, 0.4) is 0 Å². The Kier molecular flexibility index (Phi) is 4.94. The van der Waals surface area contributed by atoms with Crippen molar-refractivity contribution in [3.63, 3.8) is 0 Å². The molecule has 3 nitrogen and oxygen atoms in total. The molecule has 72 valence electrons. The number of carbonyl (C=O) groups excluding carboxylic acids is 1. The van der Waals surface area contributed by atoms with E-state index in [0.717, 1.165) is 19.5 Å². The van der Waals surface area contributed by atoms with E-state index in [1.165, 1.54) is 6.42 Å². The van der Waals surface area contributed by atoms with Crippen LogP contribution in [-0.2, 0) is 4.79 Å². The standard InChI is InChI=1S/C5H7NO.C5H9N/c7-5-3-1-2-4-6-5;1-2-4-6-5-3-1/h2,4H,1,3H2,(H,6,7);1-2,6H,3-5H2. The van der Waals surface area contributed by atoms with Gasteiger partial charge in [-0.3, -0.25) is 4.79 Å². The largest absolute Gasteiger partial charge is 0.333 e. The van der Waals surface area contributed by atoms with Crippen LogP contribution in [0.15, 0.2) is 24.4 Å². The van der Waals surface area contributed by atoms with Crippen LogP contribution >= 0.6 is 0 Å². The SMILES string of the molecule is C1=CCNCC1.O=C1CCC=CN1. The summed E-state index contributed by atoms with van der Waals surface area (Å²) in [5.74, 6) is 0.127. The molecule has 0 aromatic heterocycles. The van der Waals surface area contributed by atoms with Crippen LogP contribution in [0.4, 0.5) is 0 Å². The first kappa shape index (κ1) is 9.99. The molecule has 0 atom stereocenters. The van der Waals surface area contributed by atoms with E-state index in [0.29, 0.717) is 6.42 Å². The van der Waals surface area contributed by atoms with E-state index in [-0.39, 0.29) is 5.91 Å². The Bertz CT molecular complexity index is 201. The highest BCUT2D eigenvalue weighted by atomic mass is 16.1. The van der Waals surface area contributed by atoms with E-state index in [4.69, 9.17) is 0 Å². The molecule has 0 radical (unpaired) electrons. The van der Waals surface area contributed by atoms with Gasteiger partial charge < -0.3 is 10.6 Å². The van der Waals surface area contributed by atoms with E-state index < -0.39 is 0 Å². The summed E-state index contributed by atoms with van der Waals surface area (Å²) >= 11 is 0. The molecule has 2 rings (SSSR count). The molecular weight excluding hydrogens is 164 g/mol. The van der Waals surface area contributed by atoms with Gasteiger partial charge in [-0.1, -0.05) is 18.2 Å². The zero-order chi connectivity index (χ0) is 9.36. The highest BCUT2D eigenvalue weighted by Gasteiger charge is 1.98. The average molecular weight is 180 g/mol. The number of hydrogen-bond donors (Lipinski definition) is 2. The molecule has 2 aliphatic heterocycles. The van der Waals surface area contributed by atoms with E-state index >= 15 is 0 Å². The molecule has 0 saturated carbocycles. The lowest BCUT2D eigenvalue weighted by atomic mass is 10.2. The number of allylic oxidation sites excluding steroid dienone is 1. The summed E-state index contributed by atoms with van der Waals surface area (Å²) in [4.78, 5) is 10.3. The van der Waals surface area contributed by atoms with Gasteiger partial charge in [0.25, 0.3) is 0 Å². The lowest BCUT2D eigenvalue weighted by molar-refractivity contribution is -0.120. The summed E-state index contributed by atoms with van der Waals surface area (Å²) in [6.45, 7) is 2.23. The highest BCUT2D eigenvalue weighted by molar-refractivity contribution is 5.77. The summed E-state index contributed by atoms with van der Waals surface area (Å²) in [6, 6.07) is 0. The maximum atomic E-state index is 10.3. The van der Waals surface area contributed by atoms with Crippen molar-refractivity contribution in [2.75, 3.05) is 13.1 Å². The molecule has 0 bridgehead atoms. The highest BCUT2D eigenvalue weighted by Crippen LogP contribution is 1.94. The van der Waals surface area contributed by atoms with Gasteiger partial charge >= 0.3 is 0 Å². The summed E-state index contributed by atoms with van der Waals surface area (Å²) in [6.07, 6.45) is 10.7. The van der Waals surface area contributed by atoms with Crippen molar-refractivity contribution in [3.8, 4) is 0 Å². The van der Waals surface area contributed by atoms with Crippen LogP contribution in [0, 0.1) is 0 Å². The fourth-order valence-corrected chi connectivity index (χ4v) is 1.09. The molecule has 0 unspecified atom stereocenters. The Labute approximate surface area is 78.9 Å². The van der Waals surface area contributed by atoms with Crippen LogP contribution in [-0.4, -0.2) is 19.0 Å². The van der Waals surface area contributed by atoms with Crippen molar-refractivity contribution < 1.29 is 4.79 Å². The van der Waals surface area contributed by atoms with Gasteiger partial charge in [0.15, 0.2) is 0 Å². The van der Waals surface area contributed by atoms with Crippen molar-refractivity contribution in [2.45, 2.75) is 19.3 Å². The molecule has 1 amide bonds. The molecule has 3 heteroatoms. The second-order valence-corrected chi connectivity index (χ2v) is 2.97. The van der Waals surface area contributed by atoms with Gasteiger partial charge in [-0.2, -0.15) is 0 Å². The van der Waals surface area contributed by atoms with Crippen LogP contribution in [0.25, 0.3) is 0 Å². The van der Waals surface area contributed by atoms with Gasteiger partial charge in [0.05, 0.1) is 0 Å². The van der Waals surface area contributed by atoms with Gasteiger partial charge in [0.2, 0.25) is 5.91 Å². The van der Waals surface area contributed by atoms with E-state index in [2.05, 4.69) is 22.8 Å². The molecule has 13 heavy (non-hydrogen) atoms. The third-order valence-corrected chi connectivity index (χ3v) is 1.82. The first-order chi connectivity index (χ1) is 6.39. The minimum Gasteiger partial charge on any atom is -0.333 e. The molecule has 2 heterocycles. The minimum absolute atomic E-state index is 0.127. The van der Waals surface area contributed by atoms with Crippen molar-refractivity contribution in [1.82, 2.24) is 10.6 Å². The molecule has 2 aliphatic rings. The van der Waals surface area contributed by atoms with Crippen molar-refractivity contribution in [1.29, 1.82) is 0 Å². The zero-order valence-electron chi connectivity index (χ0n) is 7.75. The third kappa shape index (κ3) is 5.20. The molecular formula is C10H16N2O. The Hall–Kier alpha value is -1.09. The lowest BCUT2D eigenvalue weighted by Gasteiger charge is -2.01. The van der Waals surface area contributed by atoms with Gasteiger partial charge in [-0.05, 0) is 25.6 Å². The van der Waals surface area contributed by atoms with Crippen LogP contribution < -0.4 is 10.6 Å². The van der Waals surface area contributed by atoms with E-state index in [1.807, 2.05) is 6.08 Å². The smallest absolute Gasteiger partial charge is 0.224 e. The predicted molar refractivity (Wildman–Crippen MR) is 53.1 cm³/mol. The van der Waals surface area contributed by atoms with Crippen molar-refractivity contribution in [2.24, 2.45) is 0 Å². The van der Waals surface area contributed by atoms with Gasteiger partial charge in [-0.15, -0.1) is 0 Å². The third-order valence-electron chi connectivity index (χ3n) is 1.82. The van der Waals surface area contributed by atoms with E-state index in [9.17, 15) is 4.79 Å². The summed E-state index contributed by atoms with van der Waals surface area (Å²) < 4.78 is 0. The predicted octanol–water partition coefficient (Wildman–Crippen LogP) is 0.946. The molecule has 0 saturated heterocycles. The van der Waals surface area contributed by atoms with Crippen molar-refractivity contribution >= 4 is 5.91 Å². The average Bonchev–Trinajstić information content (AvgIpc) is 2.22. The van der Waals surface area contributed by atoms with Gasteiger partial charge in [0.1, 0.15) is 0 Å². The van der Waals surface area contributed by atoms with Gasteiger partial charge in [-0.25, -0.2) is 0 Å². The molecule has 0 spiro atoms. The van der Waals surface area contributed by atoms with Crippen LogP contribution in [0.5, 0.6) is 0 Å². The van der Waals surface area contributed by atoms with Crippen molar-refractivity contribution in [3.05, 3.63) is 24.4 Å². The maximum Gasteiger partial charge on any atom is 0.224 e. The Morgan fingerprint density at radius 1 is 1.15 bits per heavy atom. The molecule has 0 fully saturated rings. The Morgan fingerprint density at radius 3 is 2.31 bits per heavy atom. The number of amides is 1. The summed E-state index contributed by atoms with van der Waals surface area (Å²) in [7, 11) is 0. The first-order valence-electron chi connectivity index (χ1n) is 4.69. The Morgan fingerprint density at radius 2 is 2.08 bits per heavy atom. The quantitative estimate of drug-likeness (QED) is 0.545. The van der Waals surface area contributed by atoms with Gasteiger partial charge in [0, 0.05) is 13.0 Å². The minimum atomic E-state index is 0.127. The van der Waals surface area contributed by atoms with Crippen LogP contribution in [0.2, 0.25) is 0 Å². The number of rotatable bonds is 0. The first-order valence-corrected chi connectivity index (χ1v) is 4.69. The maximum absolute atomic E-state index is 10.3. The molecule has 0 aromatic rings. The number of hydrogen-bond acceptors (Lipinski definition) is 2. The number of nitrogens with one attached hydrogen (secondary N) is 2. The summed E-state index contributed by atoms with van der Waals surface area (Å²) in [5.41, 5.74) is 0. The summed E-state index contributed by atoms with van der Waals surface area (Å²) in [5, 5.41) is 5.76. The number of carbonyl (C=O) groups is 1. The second-order valence-electron chi connectivity index (χ2n) is 2.97. The lowest BCUT2D eigenvalue weighted by Crippen LogP contribution is -2.18. The van der Waals surface area contributed by atoms with Crippen LogP contribution in [0.1, 0.15) is 19.3 Å². The fourth-order valence-electron chi connectivity index (χ4n) is 1.09. The fraction of sp³-hybridized carbons (Fsp3) is 0.500. The second kappa shape index (κ2) is 6.43. The van der Waals surface area contributed by atoms with E-state index in [1.54, 1.807) is 6.20 Å². The zero-order valence-corrected chi connectivity index (χ0v) is 7.75. The normalized spacial score (nSPS) is 20.2. The molecule has 2 N–H and O–H groups in total.